The lowest BCUT2D eigenvalue weighted by atomic mass is 10.2. The second-order valence-corrected chi connectivity index (χ2v) is 5.81. The average molecular weight is 474 g/mol. The Kier molecular flexibility index (Phi) is 9.04. The second kappa shape index (κ2) is 10.2. The summed E-state index contributed by atoms with van der Waals surface area (Å²) in [5, 5.41) is 3.21. The summed E-state index contributed by atoms with van der Waals surface area (Å²) < 4.78 is 43.7. The van der Waals surface area contributed by atoms with E-state index in [0.717, 1.165) is 18.3 Å². The van der Waals surface area contributed by atoms with Gasteiger partial charge in [-0.25, -0.2) is 0 Å². The normalized spacial score (nSPS) is 18.0. The highest BCUT2D eigenvalue weighted by molar-refractivity contribution is 14.0. The fourth-order valence-corrected chi connectivity index (χ4v) is 2.68. The molecule has 1 N–H and O–H groups in total. The molecule has 0 spiro atoms. The van der Waals surface area contributed by atoms with Crippen LogP contribution in [0.3, 0.4) is 0 Å². The van der Waals surface area contributed by atoms with Crippen molar-refractivity contribution >= 4 is 29.9 Å². The van der Waals surface area contributed by atoms with E-state index in [4.69, 9.17) is 4.42 Å². The zero-order chi connectivity index (χ0) is 17.6. The molecule has 25 heavy (non-hydrogen) atoms. The summed E-state index contributed by atoms with van der Waals surface area (Å²) >= 11 is 0. The van der Waals surface area contributed by atoms with Gasteiger partial charge in [-0.3, -0.25) is 9.89 Å². The molecule has 1 fully saturated rings. The molecule has 1 aliphatic rings. The van der Waals surface area contributed by atoms with Crippen molar-refractivity contribution in [1.82, 2.24) is 15.1 Å². The highest BCUT2D eigenvalue weighted by Crippen LogP contribution is 2.25. The molecule has 9 heteroatoms. The largest absolute Gasteiger partial charge is 0.469 e. The van der Waals surface area contributed by atoms with Crippen LogP contribution in [0.25, 0.3) is 0 Å². The van der Waals surface area contributed by atoms with Crippen LogP contribution in [0.1, 0.15) is 19.6 Å². The fraction of sp³-hybridized carbons (Fsp3) is 0.688. The molecule has 0 saturated carbocycles. The maximum Gasteiger partial charge on any atom is 0.403 e. The van der Waals surface area contributed by atoms with Crippen LogP contribution in [-0.4, -0.2) is 67.2 Å². The van der Waals surface area contributed by atoms with Crippen molar-refractivity contribution in [2.75, 3.05) is 39.3 Å². The van der Waals surface area contributed by atoms with Crippen LogP contribution in [-0.2, 0) is 6.42 Å². The van der Waals surface area contributed by atoms with Crippen molar-refractivity contribution in [3.63, 3.8) is 0 Å². The van der Waals surface area contributed by atoms with Crippen LogP contribution in [0.5, 0.6) is 0 Å². The molecule has 2 heterocycles. The molecule has 0 amide bonds. The van der Waals surface area contributed by atoms with Crippen molar-refractivity contribution < 1.29 is 17.6 Å². The number of hydrogen-bond donors (Lipinski definition) is 1. The summed E-state index contributed by atoms with van der Waals surface area (Å²) in [5.41, 5.74) is 0. The molecule has 5 nitrogen and oxygen atoms in total. The van der Waals surface area contributed by atoms with Gasteiger partial charge < -0.3 is 14.6 Å². The number of nitrogens with zero attached hydrogens (tertiary/aromatic N) is 3. The van der Waals surface area contributed by atoms with Gasteiger partial charge in [-0.2, -0.15) is 13.2 Å². The molecule has 1 saturated heterocycles. The predicted octanol–water partition coefficient (Wildman–Crippen LogP) is 2.97. The van der Waals surface area contributed by atoms with Gasteiger partial charge in [-0.05, 0) is 26.0 Å². The maximum atomic E-state index is 12.8. The SMILES string of the molecule is CCNC(=NCCc1ccco1)N1CCN(C(C)C(F)(F)F)CC1.I. The third-order valence-corrected chi connectivity index (χ3v) is 4.17. The smallest absolute Gasteiger partial charge is 0.403 e. The summed E-state index contributed by atoms with van der Waals surface area (Å²) in [4.78, 5) is 8.06. The average Bonchev–Trinajstić information content (AvgIpc) is 3.06. The van der Waals surface area contributed by atoms with Gasteiger partial charge in [0.15, 0.2) is 5.96 Å². The fourth-order valence-electron chi connectivity index (χ4n) is 2.68. The lowest BCUT2D eigenvalue weighted by Crippen LogP contribution is -2.56. The van der Waals surface area contributed by atoms with Crippen LogP contribution in [0.4, 0.5) is 13.2 Å². The third-order valence-electron chi connectivity index (χ3n) is 4.17. The first-order valence-corrected chi connectivity index (χ1v) is 8.28. The Hall–Kier alpha value is -0.970. The quantitative estimate of drug-likeness (QED) is 0.405. The van der Waals surface area contributed by atoms with Crippen molar-refractivity contribution in [2.24, 2.45) is 4.99 Å². The van der Waals surface area contributed by atoms with E-state index < -0.39 is 12.2 Å². The Morgan fingerprint density at radius 1 is 1.32 bits per heavy atom. The molecule has 1 aliphatic heterocycles. The van der Waals surface area contributed by atoms with Gasteiger partial charge in [0.05, 0.1) is 6.26 Å². The predicted molar refractivity (Wildman–Crippen MR) is 102 cm³/mol. The number of guanidine groups is 1. The minimum atomic E-state index is -4.18. The number of hydrogen-bond acceptors (Lipinski definition) is 3. The monoisotopic (exact) mass is 474 g/mol. The van der Waals surface area contributed by atoms with Crippen molar-refractivity contribution in [2.45, 2.75) is 32.5 Å². The Morgan fingerprint density at radius 3 is 2.52 bits per heavy atom. The number of aliphatic imine (C=N–C) groups is 1. The number of nitrogens with one attached hydrogen (secondary N) is 1. The van der Waals surface area contributed by atoms with Gasteiger partial charge in [0.1, 0.15) is 11.8 Å². The van der Waals surface area contributed by atoms with Crippen LogP contribution >= 0.6 is 24.0 Å². The van der Waals surface area contributed by atoms with E-state index in [1.807, 2.05) is 24.0 Å². The Balaban J connectivity index is 0.00000312. The number of rotatable bonds is 5. The second-order valence-electron chi connectivity index (χ2n) is 5.81. The molecule has 0 bridgehead atoms. The van der Waals surface area contributed by atoms with Crippen molar-refractivity contribution in [3.05, 3.63) is 24.2 Å². The molecule has 0 aromatic carbocycles. The van der Waals surface area contributed by atoms with E-state index in [-0.39, 0.29) is 24.0 Å². The Bertz CT molecular complexity index is 514. The first kappa shape index (κ1) is 22.1. The minimum absolute atomic E-state index is 0. The lowest BCUT2D eigenvalue weighted by Gasteiger charge is -2.39. The van der Waals surface area contributed by atoms with E-state index in [2.05, 4.69) is 10.3 Å². The minimum Gasteiger partial charge on any atom is -0.469 e. The number of piperazine rings is 1. The molecule has 1 unspecified atom stereocenters. The van der Waals surface area contributed by atoms with Gasteiger partial charge in [0, 0.05) is 45.7 Å². The molecular formula is C16H26F3IN4O. The first-order valence-electron chi connectivity index (χ1n) is 8.28. The van der Waals surface area contributed by atoms with Gasteiger partial charge in [0.25, 0.3) is 0 Å². The first-order chi connectivity index (χ1) is 11.4. The van der Waals surface area contributed by atoms with Gasteiger partial charge in [0.2, 0.25) is 0 Å². The third kappa shape index (κ3) is 6.69. The van der Waals surface area contributed by atoms with Crippen LogP contribution in [0.15, 0.2) is 27.8 Å². The number of alkyl halides is 3. The highest BCUT2D eigenvalue weighted by Gasteiger charge is 2.41. The molecule has 1 atom stereocenters. The van der Waals surface area contributed by atoms with Crippen molar-refractivity contribution in [3.8, 4) is 0 Å². The Morgan fingerprint density at radius 2 is 2.00 bits per heavy atom. The van der Waals surface area contributed by atoms with Crippen molar-refractivity contribution in [1.29, 1.82) is 0 Å². The lowest BCUT2D eigenvalue weighted by molar-refractivity contribution is -0.181. The molecule has 0 aliphatic carbocycles. The highest BCUT2D eigenvalue weighted by atomic mass is 127. The van der Waals surface area contributed by atoms with E-state index in [1.54, 1.807) is 6.26 Å². The zero-order valence-electron chi connectivity index (χ0n) is 14.6. The van der Waals surface area contributed by atoms with E-state index >= 15 is 0 Å². The molecule has 2 rings (SSSR count). The number of furan rings is 1. The van der Waals surface area contributed by atoms with E-state index in [0.29, 0.717) is 39.1 Å². The molecule has 144 valence electrons. The molecular weight excluding hydrogens is 448 g/mol. The standard InChI is InChI=1S/C16H25F3N4O.HI/c1-3-20-15(21-7-6-14-5-4-12-24-14)23-10-8-22(9-11-23)13(2)16(17,18)19;/h4-5,12-13H,3,6-11H2,1-2H3,(H,20,21);1H. The molecule has 1 aromatic heterocycles. The Labute approximate surface area is 163 Å². The van der Waals surface area contributed by atoms with Crippen LogP contribution < -0.4 is 5.32 Å². The van der Waals surface area contributed by atoms with E-state index in [1.165, 1.54) is 11.8 Å². The van der Waals surface area contributed by atoms with E-state index in [9.17, 15) is 13.2 Å². The summed E-state index contributed by atoms with van der Waals surface area (Å²) in [5.74, 6) is 1.63. The summed E-state index contributed by atoms with van der Waals surface area (Å²) in [7, 11) is 0. The zero-order valence-corrected chi connectivity index (χ0v) is 16.9. The molecule has 0 radical (unpaired) electrons. The van der Waals surface area contributed by atoms with Crippen LogP contribution in [0.2, 0.25) is 0 Å². The van der Waals surface area contributed by atoms with Gasteiger partial charge >= 0.3 is 6.18 Å². The van der Waals surface area contributed by atoms with Gasteiger partial charge in [-0.1, -0.05) is 0 Å². The molecule has 1 aromatic rings. The summed E-state index contributed by atoms with van der Waals surface area (Å²) in [6.45, 7) is 6.32. The van der Waals surface area contributed by atoms with Crippen LogP contribution in [0, 0.1) is 0 Å². The summed E-state index contributed by atoms with van der Waals surface area (Å²) in [6.07, 6.45) is -1.85. The number of halogens is 4. The topological polar surface area (TPSA) is 44.0 Å². The summed E-state index contributed by atoms with van der Waals surface area (Å²) in [6, 6.07) is 2.34. The van der Waals surface area contributed by atoms with Gasteiger partial charge in [-0.15, -0.1) is 24.0 Å². The maximum absolute atomic E-state index is 12.8.